The summed E-state index contributed by atoms with van der Waals surface area (Å²) in [7, 11) is -3.62. The van der Waals surface area contributed by atoms with E-state index in [1.807, 2.05) is 6.92 Å². The standard InChI is InChI=1S/C13H19ClN2O3S/c1-9-6-10(7-11(15)12(9)14)20(17,18)16-8-13(2)4-3-5-19-13/h6-7,16H,3-5,8,15H2,1-2H3. The number of rotatable bonds is 4. The SMILES string of the molecule is Cc1cc(S(=O)(=O)NCC2(C)CCCO2)cc(N)c1Cl. The van der Waals surface area contributed by atoms with Crippen molar-refractivity contribution in [1.82, 2.24) is 4.72 Å². The number of benzene rings is 1. The van der Waals surface area contributed by atoms with Gasteiger partial charge in [-0.3, -0.25) is 0 Å². The molecule has 0 saturated carbocycles. The van der Waals surface area contributed by atoms with Crippen LogP contribution in [0.25, 0.3) is 0 Å². The van der Waals surface area contributed by atoms with E-state index in [2.05, 4.69) is 4.72 Å². The third-order valence-electron chi connectivity index (χ3n) is 3.50. The normalized spacial score (nSPS) is 23.1. The molecule has 1 aliphatic heterocycles. The Morgan fingerprint density at radius 3 is 2.75 bits per heavy atom. The molecule has 1 aliphatic rings. The summed E-state index contributed by atoms with van der Waals surface area (Å²) >= 11 is 5.94. The minimum Gasteiger partial charge on any atom is -0.397 e. The largest absolute Gasteiger partial charge is 0.397 e. The summed E-state index contributed by atoms with van der Waals surface area (Å²) in [6, 6.07) is 2.88. The lowest BCUT2D eigenvalue weighted by Crippen LogP contribution is -2.40. The van der Waals surface area contributed by atoms with E-state index >= 15 is 0 Å². The molecule has 1 fully saturated rings. The van der Waals surface area contributed by atoms with Crippen LogP contribution in [0.4, 0.5) is 5.69 Å². The molecule has 1 heterocycles. The van der Waals surface area contributed by atoms with Gasteiger partial charge in [0.2, 0.25) is 10.0 Å². The van der Waals surface area contributed by atoms with Crippen molar-refractivity contribution < 1.29 is 13.2 Å². The molecule has 1 atom stereocenters. The summed E-state index contributed by atoms with van der Waals surface area (Å²) in [5, 5.41) is 0.384. The Morgan fingerprint density at radius 2 is 2.20 bits per heavy atom. The third-order valence-corrected chi connectivity index (χ3v) is 5.40. The topological polar surface area (TPSA) is 81.4 Å². The van der Waals surface area contributed by atoms with Crippen LogP contribution < -0.4 is 10.5 Å². The molecule has 1 unspecified atom stereocenters. The van der Waals surface area contributed by atoms with Gasteiger partial charge in [-0.2, -0.15) is 0 Å². The molecule has 3 N–H and O–H groups in total. The molecule has 7 heteroatoms. The van der Waals surface area contributed by atoms with Crippen molar-refractivity contribution in [2.75, 3.05) is 18.9 Å². The highest BCUT2D eigenvalue weighted by atomic mass is 35.5. The van der Waals surface area contributed by atoms with Crippen molar-refractivity contribution >= 4 is 27.3 Å². The Hall–Kier alpha value is -0.820. The lowest BCUT2D eigenvalue weighted by Gasteiger charge is -2.23. The average Bonchev–Trinajstić information content (AvgIpc) is 2.81. The maximum atomic E-state index is 12.3. The fraction of sp³-hybridized carbons (Fsp3) is 0.538. The first kappa shape index (κ1) is 15.6. The minimum atomic E-state index is -3.62. The summed E-state index contributed by atoms with van der Waals surface area (Å²) in [4.78, 5) is 0.124. The summed E-state index contributed by atoms with van der Waals surface area (Å²) in [5.74, 6) is 0. The number of ether oxygens (including phenoxy) is 1. The maximum Gasteiger partial charge on any atom is 0.240 e. The van der Waals surface area contributed by atoms with Gasteiger partial charge in [-0.25, -0.2) is 13.1 Å². The number of hydrogen-bond acceptors (Lipinski definition) is 4. The van der Waals surface area contributed by atoms with E-state index in [9.17, 15) is 8.42 Å². The second-order valence-corrected chi connectivity index (χ2v) is 7.51. The number of nitrogens with one attached hydrogen (secondary N) is 1. The summed E-state index contributed by atoms with van der Waals surface area (Å²) in [5.41, 5.74) is 6.18. The number of hydrogen-bond donors (Lipinski definition) is 2. The monoisotopic (exact) mass is 318 g/mol. The van der Waals surface area contributed by atoms with Gasteiger partial charge in [0.15, 0.2) is 0 Å². The molecule has 112 valence electrons. The fourth-order valence-corrected chi connectivity index (χ4v) is 3.61. The third kappa shape index (κ3) is 3.25. The Kier molecular flexibility index (Phi) is 4.30. The first-order valence-corrected chi connectivity index (χ1v) is 8.29. The van der Waals surface area contributed by atoms with Crippen LogP contribution in [0, 0.1) is 6.92 Å². The van der Waals surface area contributed by atoms with Gasteiger partial charge in [0.1, 0.15) is 0 Å². The molecule has 5 nitrogen and oxygen atoms in total. The van der Waals surface area contributed by atoms with Gasteiger partial charge in [-0.15, -0.1) is 0 Å². The molecule has 0 aromatic heterocycles. The highest BCUT2D eigenvalue weighted by molar-refractivity contribution is 7.89. The van der Waals surface area contributed by atoms with Crippen LogP contribution in [-0.2, 0) is 14.8 Å². The highest BCUT2D eigenvalue weighted by Gasteiger charge is 2.31. The van der Waals surface area contributed by atoms with Crippen LogP contribution in [0.15, 0.2) is 17.0 Å². The van der Waals surface area contributed by atoms with E-state index in [0.717, 1.165) is 12.8 Å². The lowest BCUT2D eigenvalue weighted by atomic mass is 10.0. The number of nitrogen functional groups attached to an aromatic ring is 1. The van der Waals surface area contributed by atoms with E-state index in [-0.39, 0.29) is 17.1 Å². The lowest BCUT2D eigenvalue weighted by molar-refractivity contribution is 0.0250. The Labute approximate surface area is 124 Å². The van der Waals surface area contributed by atoms with Gasteiger partial charge >= 0.3 is 0 Å². The van der Waals surface area contributed by atoms with Crippen molar-refractivity contribution in [3.8, 4) is 0 Å². The molecular weight excluding hydrogens is 300 g/mol. The zero-order chi connectivity index (χ0) is 15.0. The number of nitrogens with two attached hydrogens (primary N) is 1. The molecule has 0 bridgehead atoms. The van der Waals surface area contributed by atoms with Crippen molar-refractivity contribution in [2.24, 2.45) is 0 Å². The smallest absolute Gasteiger partial charge is 0.240 e. The van der Waals surface area contributed by atoms with Gasteiger partial charge in [0.25, 0.3) is 0 Å². The first-order valence-electron chi connectivity index (χ1n) is 6.43. The van der Waals surface area contributed by atoms with Crippen LogP contribution in [0.3, 0.4) is 0 Å². The highest BCUT2D eigenvalue weighted by Crippen LogP contribution is 2.28. The van der Waals surface area contributed by atoms with Crippen LogP contribution in [0.5, 0.6) is 0 Å². The zero-order valence-electron chi connectivity index (χ0n) is 11.6. The number of sulfonamides is 1. The first-order chi connectivity index (χ1) is 9.23. The van der Waals surface area contributed by atoms with Gasteiger partial charge < -0.3 is 10.5 Å². The van der Waals surface area contributed by atoms with Crippen LogP contribution in [0.2, 0.25) is 5.02 Å². The van der Waals surface area contributed by atoms with Crippen molar-refractivity contribution in [3.05, 3.63) is 22.7 Å². The van der Waals surface area contributed by atoms with Crippen molar-refractivity contribution in [1.29, 1.82) is 0 Å². The zero-order valence-corrected chi connectivity index (χ0v) is 13.1. The minimum absolute atomic E-state index is 0.124. The summed E-state index contributed by atoms with van der Waals surface area (Å²) in [6.45, 7) is 4.55. The molecule has 1 saturated heterocycles. The molecule has 0 aliphatic carbocycles. The molecule has 1 aromatic rings. The van der Waals surface area contributed by atoms with E-state index in [1.54, 1.807) is 6.92 Å². The van der Waals surface area contributed by atoms with E-state index in [0.29, 0.717) is 17.2 Å². The predicted octanol–water partition coefficient (Wildman–Crippen LogP) is 2.08. The predicted molar refractivity (Wildman–Crippen MR) is 79.4 cm³/mol. The second kappa shape index (κ2) is 5.52. The van der Waals surface area contributed by atoms with E-state index in [4.69, 9.17) is 22.1 Å². The van der Waals surface area contributed by atoms with E-state index in [1.165, 1.54) is 12.1 Å². The molecule has 0 amide bonds. The van der Waals surface area contributed by atoms with E-state index < -0.39 is 15.6 Å². The van der Waals surface area contributed by atoms with Gasteiger partial charge in [0.05, 0.1) is 21.2 Å². The second-order valence-electron chi connectivity index (χ2n) is 5.37. The quantitative estimate of drug-likeness (QED) is 0.833. The van der Waals surface area contributed by atoms with Crippen LogP contribution in [-0.4, -0.2) is 27.2 Å². The van der Waals surface area contributed by atoms with Gasteiger partial charge in [-0.05, 0) is 44.4 Å². The molecule has 2 rings (SSSR count). The maximum absolute atomic E-state index is 12.3. The molecule has 0 spiro atoms. The molecule has 20 heavy (non-hydrogen) atoms. The molecular formula is C13H19ClN2O3S. The molecule has 1 aromatic carbocycles. The van der Waals surface area contributed by atoms with Gasteiger partial charge in [-0.1, -0.05) is 11.6 Å². The Bertz CT molecular complexity index is 587. The van der Waals surface area contributed by atoms with Crippen molar-refractivity contribution in [2.45, 2.75) is 37.2 Å². The summed E-state index contributed by atoms with van der Waals surface area (Å²) < 4.78 is 32.7. The fourth-order valence-electron chi connectivity index (χ4n) is 2.23. The van der Waals surface area contributed by atoms with Crippen LogP contribution >= 0.6 is 11.6 Å². The summed E-state index contributed by atoms with van der Waals surface area (Å²) in [6.07, 6.45) is 1.79. The van der Waals surface area contributed by atoms with Crippen molar-refractivity contribution in [3.63, 3.8) is 0 Å². The average molecular weight is 319 g/mol. The van der Waals surface area contributed by atoms with Gasteiger partial charge in [0, 0.05) is 13.2 Å². The Morgan fingerprint density at radius 1 is 1.50 bits per heavy atom. The van der Waals surface area contributed by atoms with Crippen LogP contribution in [0.1, 0.15) is 25.3 Å². The number of anilines is 1. The number of aryl methyl sites for hydroxylation is 1. The Balaban J connectivity index is 2.18. The molecule has 0 radical (unpaired) electrons. The number of halogens is 1.